The van der Waals surface area contributed by atoms with Gasteiger partial charge in [-0.1, -0.05) is 78.9 Å². The van der Waals surface area contributed by atoms with Crippen LogP contribution in [0.5, 0.6) is 0 Å². The van der Waals surface area contributed by atoms with Crippen LogP contribution in [0.15, 0.2) is 102 Å². The molecule has 3 aromatic carbocycles. The van der Waals surface area contributed by atoms with Crippen molar-refractivity contribution in [2.75, 3.05) is 0 Å². The molecule has 1 atom stereocenters. The molecule has 0 radical (unpaired) electrons. The van der Waals surface area contributed by atoms with E-state index in [1.165, 1.54) is 0 Å². The lowest BCUT2D eigenvalue weighted by atomic mass is 9.83. The standard InChI is InChI=1S/C24H17NO2/c26-23-20(17-9-3-1-4-10-17)15-24(25-23,18-11-5-2-6-12-18)21-16-27-22-14-8-7-13-19(21)22/h1-16H,(H,25,26). The van der Waals surface area contributed by atoms with Crippen molar-refractivity contribution in [3.05, 3.63) is 114 Å². The molecule has 0 bridgehead atoms. The van der Waals surface area contributed by atoms with Crippen molar-refractivity contribution in [1.82, 2.24) is 5.32 Å². The Morgan fingerprint density at radius 3 is 2.22 bits per heavy atom. The number of para-hydroxylation sites is 1. The van der Waals surface area contributed by atoms with E-state index in [9.17, 15) is 4.79 Å². The molecule has 130 valence electrons. The maximum atomic E-state index is 13.0. The fraction of sp³-hybridized carbons (Fsp3) is 0.0417. The minimum absolute atomic E-state index is 0.0877. The van der Waals surface area contributed by atoms with Gasteiger partial charge >= 0.3 is 0 Å². The number of hydrogen-bond acceptors (Lipinski definition) is 2. The first-order valence-corrected chi connectivity index (χ1v) is 8.91. The fourth-order valence-corrected chi connectivity index (χ4v) is 3.84. The Kier molecular flexibility index (Phi) is 3.47. The molecule has 0 fully saturated rings. The topological polar surface area (TPSA) is 42.2 Å². The molecule has 3 nitrogen and oxygen atoms in total. The number of rotatable bonds is 3. The van der Waals surface area contributed by atoms with Crippen LogP contribution in [0.4, 0.5) is 0 Å². The lowest BCUT2D eigenvalue weighted by Crippen LogP contribution is -2.40. The molecule has 4 aromatic rings. The van der Waals surface area contributed by atoms with E-state index < -0.39 is 5.54 Å². The highest BCUT2D eigenvalue weighted by atomic mass is 16.3. The number of benzene rings is 3. The van der Waals surface area contributed by atoms with Crippen LogP contribution in [-0.2, 0) is 10.3 Å². The van der Waals surface area contributed by atoms with Crippen molar-refractivity contribution in [3.63, 3.8) is 0 Å². The Labute approximate surface area is 156 Å². The number of amides is 1. The molecular formula is C24H17NO2. The molecule has 1 N–H and O–H groups in total. The molecule has 1 amide bonds. The normalized spacial score (nSPS) is 19.1. The summed E-state index contributed by atoms with van der Waals surface area (Å²) in [6.07, 6.45) is 3.78. The van der Waals surface area contributed by atoms with Crippen LogP contribution >= 0.6 is 0 Å². The van der Waals surface area contributed by atoms with Crippen LogP contribution in [-0.4, -0.2) is 5.91 Å². The van der Waals surface area contributed by atoms with Crippen LogP contribution < -0.4 is 5.32 Å². The molecule has 0 saturated heterocycles. The zero-order valence-corrected chi connectivity index (χ0v) is 14.6. The number of hydrogen-bond donors (Lipinski definition) is 1. The lowest BCUT2D eigenvalue weighted by Gasteiger charge is -2.28. The maximum Gasteiger partial charge on any atom is 0.252 e. The van der Waals surface area contributed by atoms with Crippen molar-refractivity contribution in [2.24, 2.45) is 0 Å². The summed E-state index contributed by atoms with van der Waals surface area (Å²) in [4.78, 5) is 13.0. The smallest absolute Gasteiger partial charge is 0.252 e. The summed E-state index contributed by atoms with van der Waals surface area (Å²) in [6, 6.07) is 27.7. The Morgan fingerprint density at radius 2 is 1.44 bits per heavy atom. The molecule has 1 aliphatic rings. The third-order valence-electron chi connectivity index (χ3n) is 5.14. The maximum absolute atomic E-state index is 13.0. The van der Waals surface area contributed by atoms with E-state index in [4.69, 9.17) is 4.42 Å². The predicted molar refractivity (Wildman–Crippen MR) is 106 cm³/mol. The zero-order valence-electron chi connectivity index (χ0n) is 14.6. The Hall–Kier alpha value is -3.59. The Balaban J connectivity index is 1.79. The number of nitrogens with one attached hydrogen (secondary N) is 1. The summed E-state index contributed by atoms with van der Waals surface area (Å²) in [5.41, 5.74) is 3.54. The minimum Gasteiger partial charge on any atom is -0.464 e. The van der Waals surface area contributed by atoms with Gasteiger partial charge < -0.3 is 9.73 Å². The molecule has 1 aliphatic heterocycles. The van der Waals surface area contributed by atoms with Crippen LogP contribution in [0.1, 0.15) is 16.7 Å². The SMILES string of the molecule is O=C1NC(c2ccccc2)(c2coc3ccccc23)C=C1c1ccccc1. The number of carbonyl (C=O) groups is 1. The molecule has 1 aromatic heterocycles. The monoisotopic (exact) mass is 351 g/mol. The second-order valence-corrected chi connectivity index (χ2v) is 6.70. The van der Waals surface area contributed by atoms with Crippen LogP contribution in [0.3, 0.4) is 0 Å². The molecule has 0 saturated carbocycles. The third-order valence-corrected chi connectivity index (χ3v) is 5.14. The van der Waals surface area contributed by atoms with Gasteiger partial charge in [0.2, 0.25) is 0 Å². The average Bonchev–Trinajstić information content (AvgIpc) is 3.31. The summed E-state index contributed by atoms with van der Waals surface area (Å²) in [5.74, 6) is -0.0877. The number of fused-ring (bicyclic) bond motifs is 1. The van der Waals surface area contributed by atoms with Crippen LogP contribution in [0.2, 0.25) is 0 Å². The largest absolute Gasteiger partial charge is 0.464 e. The highest BCUT2D eigenvalue weighted by molar-refractivity contribution is 6.23. The zero-order chi connectivity index (χ0) is 18.3. The van der Waals surface area contributed by atoms with E-state index in [0.29, 0.717) is 5.57 Å². The van der Waals surface area contributed by atoms with E-state index in [-0.39, 0.29) is 5.91 Å². The molecule has 2 heterocycles. The van der Waals surface area contributed by atoms with E-state index >= 15 is 0 Å². The van der Waals surface area contributed by atoms with Crippen molar-refractivity contribution >= 4 is 22.4 Å². The van der Waals surface area contributed by atoms with Gasteiger partial charge in [-0.25, -0.2) is 0 Å². The van der Waals surface area contributed by atoms with Crippen LogP contribution in [0, 0.1) is 0 Å². The lowest BCUT2D eigenvalue weighted by molar-refractivity contribution is -0.115. The van der Waals surface area contributed by atoms with Gasteiger partial charge in [-0.15, -0.1) is 0 Å². The molecule has 1 unspecified atom stereocenters. The van der Waals surface area contributed by atoms with E-state index in [2.05, 4.69) is 5.32 Å². The molecule has 0 spiro atoms. The molecule has 5 rings (SSSR count). The number of furan rings is 1. The second kappa shape index (κ2) is 5.99. The summed E-state index contributed by atoms with van der Waals surface area (Å²) in [5, 5.41) is 4.23. The van der Waals surface area contributed by atoms with Gasteiger partial charge in [-0.2, -0.15) is 0 Å². The van der Waals surface area contributed by atoms with Crippen molar-refractivity contribution in [2.45, 2.75) is 5.54 Å². The van der Waals surface area contributed by atoms with E-state index in [0.717, 1.165) is 27.7 Å². The van der Waals surface area contributed by atoms with Crippen molar-refractivity contribution in [3.8, 4) is 0 Å². The third kappa shape index (κ3) is 2.40. The molecular weight excluding hydrogens is 334 g/mol. The Morgan fingerprint density at radius 1 is 0.778 bits per heavy atom. The molecule has 0 aliphatic carbocycles. The summed E-state index contributed by atoms with van der Waals surface area (Å²) >= 11 is 0. The van der Waals surface area contributed by atoms with Gasteiger partial charge in [0.25, 0.3) is 5.91 Å². The van der Waals surface area contributed by atoms with Gasteiger partial charge in [-0.3, -0.25) is 4.79 Å². The summed E-state index contributed by atoms with van der Waals surface area (Å²) in [7, 11) is 0. The van der Waals surface area contributed by atoms with Gasteiger partial charge in [-0.05, 0) is 23.3 Å². The highest BCUT2D eigenvalue weighted by Gasteiger charge is 2.42. The van der Waals surface area contributed by atoms with Crippen molar-refractivity contribution < 1.29 is 9.21 Å². The van der Waals surface area contributed by atoms with Gasteiger partial charge in [0, 0.05) is 16.5 Å². The summed E-state index contributed by atoms with van der Waals surface area (Å²) in [6.45, 7) is 0. The predicted octanol–water partition coefficient (Wildman–Crippen LogP) is 4.89. The first-order chi connectivity index (χ1) is 13.3. The quantitative estimate of drug-likeness (QED) is 0.571. The van der Waals surface area contributed by atoms with Crippen molar-refractivity contribution in [1.29, 1.82) is 0 Å². The number of carbonyl (C=O) groups excluding carboxylic acids is 1. The summed E-state index contributed by atoms with van der Waals surface area (Å²) < 4.78 is 5.80. The Bertz CT molecular complexity index is 1160. The van der Waals surface area contributed by atoms with Crippen LogP contribution in [0.25, 0.3) is 16.5 Å². The first-order valence-electron chi connectivity index (χ1n) is 8.91. The second-order valence-electron chi connectivity index (χ2n) is 6.70. The minimum atomic E-state index is -0.768. The van der Waals surface area contributed by atoms with Gasteiger partial charge in [0.1, 0.15) is 11.1 Å². The average molecular weight is 351 g/mol. The highest BCUT2D eigenvalue weighted by Crippen LogP contribution is 2.42. The molecule has 3 heteroatoms. The van der Waals surface area contributed by atoms with E-state index in [1.807, 2.05) is 91.0 Å². The van der Waals surface area contributed by atoms with Gasteiger partial charge in [0.05, 0.1) is 6.26 Å². The first kappa shape index (κ1) is 15.6. The van der Waals surface area contributed by atoms with Gasteiger partial charge in [0.15, 0.2) is 0 Å². The molecule has 27 heavy (non-hydrogen) atoms. The fourth-order valence-electron chi connectivity index (χ4n) is 3.84. The van der Waals surface area contributed by atoms with E-state index in [1.54, 1.807) is 6.26 Å².